The number of hydrogen-bond acceptors (Lipinski definition) is 3. The molecule has 0 radical (unpaired) electrons. The minimum Gasteiger partial charge on any atom is -0.460 e. The molecular weight excluding hydrogens is 254 g/mol. The van der Waals surface area contributed by atoms with E-state index in [2.05, 4.69) is 4.74 Å². The van der Waals surface area contributed by atoms with Crippen LogP contribution in [0, 0.1) is 5.82 Å². The molecule has 0 saturated heterocycles. The Hall–Kier alpha value is -1.63. The Balaban J connectivity index is 2.28. The minimum atomic E-state index is -4.38. The second-order valence-corrected chi connectivity index (χ2v) is 3.47. The lowest BCUT2D eigenvalue weighted by molar-refractivity contribution is -0.145. The Morgan fingerprint density at radius 1 is 1.28 bits per heavy atom. The molecule has 1 aromatic carbocycles. The van der Waals surface area contributed by atoms with Gasteiger partial charge in [0.05, 0.1) is 13.1 Å². The maximum Gasteiger partial charge on any atom is 0.401 e. The van der Waals surface area contributed by atoms with E-state index < -0.39 is 31.1 Å². The summed E-state index contributed by atoms with van der Waals surface area (Å²) in [6.07, 6.45) is -4.38. The van der Waals surface area contributed by atoms with Gasteiger partial charge in [-0.15, -0.1) is 0 Å². The molecule has 1 N–H and O–H groups in total. The zero-order valence-electron chi connectivity index (χ0n) is 9.26. The van der Waals surface area contributed by atoms with Gasteiger partial charge in [0.2, 0.25) is 0 Å². The highest BCUT2D eigenvalue weighted by atomic mass is 19.4. The molecule has 7 heteroatoms. The van der Waals surface area contributed by atoms with Gasteiger partial charge in [-0.25, -0.2) is 4.39 Å². The first kappa shape index (κ1) is 14.4. The molecule has 0 atom stereocenters. The highest BCUT2D eigenvalue weighted by molar-refractivity contribution is 5.71. The molecule has 1 aromatic rings. The summed E-state index contributed by atoms with van der Waals surface area (Å²) < 4.78 is 52.9. The SMILES string of the molecule is O=C(CNCC(F)(F)F)OCc1ccccc1F. The number of carbonyl (C=O) groups is 1. The maximum atomic E-state index is 13.1. The molecule has 3 nitrogen and oxygen atoms in total. The number of rotatable bonds is 5. The van der Waals surface area contributed by atoms with Crippen LogP contribution in [0.2, 0.25) is 0 Å². The first-order valence-corrected chi connectivity index (χ1v) is 5.05. The van der Waals surface area contributed by atoms with Crippen molar-refractivity contribution in [2.75, 3.05) is 13.1 Å². The van der Waals surface area contributed by atoms with E-state index in [1.165, 1.54) is 18.2 Å². The van der Waals surface area contributed by atoms with Gasteiger partial charge in [0.25, 0.3) is 0 Å². The zero-order valence-corrected chi connectivity index (χ0v) is 9.26. The average molecular weight is 265 g/mol. The molecule has 18 heavy (non-hydrogen) atoms. The molecule has 0 spiro atoms. The Kier molecular flexibility index (Phi) is 5.08. The number of halogens is 4. The molecule has 0 amide bonds. The van der Waals surface area contributed by atoms with Crippen LogP contribution in [0.5, 0.6) is 0 Å². The van der Waals surface area contributed by atoms with Crippen LogP contribution in [0.15, 0.2) is 24.3 Å². The predicted molar refractivity (Wildman–Crippen MR) is 55.1 cm³/mol. The van der Waals surface area contributed by atoms with Crippen molar-refractivity contribution in [3.05, 3.63) is 35.6 Å². The third-order valence-electron chi connectivity index (χ3n) is 1.94. The van der Waals surface area contributed by atoms with Crippen molar-refractivity contribution in [3.8, 4) is 0 Å². The van der Waals surface area contributed by atoms with E-state index in [-0.39, 0.29) is 12.2 Å². The van der Waals surface area contributed by atoms with Crippen LogP contribution in [0.1, 0.15) is 5.56 Å². The van der Waals surface area contributed by atoms with Crippen LogP contribution in [0.3, 0.4) is 0 Å². The molecule has 0 aliphatic carbocycles. The standard InChI is InChI=1S/C11H11F4NO2/c12-9-4-2-1-3-8(9)6-18-10(17)5-16-7-11(13,14)15/h1-4,16H,5-7H2. The summed E-state index contributed by atoms with van der Waals surface area (Å²) in [5.41, 5.74) is 0.168. The van der Waals surface area contributed by atoms with Crippen molar-refractivity contribution in [1.29, 1.82) is 0 Å². The van der Waals surface area contributed by atoms with Gasteiger partial charge in [0, 0.05) is 5.56 Å². The Labute approximate surface area is 101 Å². The molecule has 0 aliphatic heterocycles. The Bertz CT molecular complexity index is 406. The van der Waals surface area contributed by atoms with Crippen molar-refractivity contribution >= 4 is 5.97 Å². The third-order valence-corrected chi connectivity index (χ3v) is 1.94. The van der Waals surface area contributed by atoms with Crippen LogP contribution in [-0.2, 0) is 16.1 Å². The van der Waals surface area contributed by atoms with Gasteiger partial charge in [0.1, 0.15) is 12.4 Å². The normalized spacial score (nSPS) is 11.3. The second kappa shape index (κ2) is 6.34. The largest absolute Gasteiger partial charge is 0.460 e. The number of ether oxygens (including phenoxy) is 1. The van der Waals surface area contributed by atoms with E-state index in [4.69, 9.17) is 0 Å². The molecule has 0 heterocycles. The van der Waals surface area contributed by atoms with Crippen molar-refractivity contribution in [1.82, 2.24) is 5.32 Å². The molecule has 0 aromatic heterocycles. The number of alkyl halides is 3. The minimum absolute atomic E-state index is 0.168. The van der Waals surface area contributed by atoms with Gasteiger partial charge in [-0.2, -0.15) is 13.2 Å². The first-order valence-electron chi connectivity index (χ1n) is 5.05. The van der Waals surface area contributed by atoms with Gasteiger partial charge in [-0.3, -0.25) is 10.1 Å². The smallest absolute Gasteiger partial charge is 0.401 e. The van der Waals surface area contributed by atoms with Crippen molar-refractivity contribution < 1.29 is 27.1 Å². The van der Waals surface area contributed by atoms with Gasteiger partial charge in [-0.05, 0) is 6.07 Å². The van der Waals surface area contributed by atoms with Crippen LogP contribution in [0.25, 0.3) is 0 Å². The lowest BCUT2D eigenvalue weighted by atomic mass is 10.2. The molecule has 0 saturated carbocycles. The van der Waals surface area contributed by atoms with Crippen LogP contribution < -0.4 is 5.32 Å². The summed E-state index contributed by atoms with van der Waals surface area (Å²) in [5, 5.41) is 1.88. The number of benzene rings is 1. The van der Waals surface area contributed by atoms with E-state index >= 15 is 0 Å². The third kappa shape index (κ3) is 5.62. The fourth-order valence-electron chi connectivity index (χ4n) is 1.13. The van der Waals surface area contributed by atoms with Gasteiger partial charge < -0.3 is 4.74 Å². The van der Waals surface area contributed by atoms with Crippen LogP contribution in [0.4, 0.5) is 17.6 Å². The lowest BCUT2D eigenvalue weighted by Gasteiger charge is -2.08. The summed E-state index contributed by atoms with van der Waals surface area (Å²) in [6, 6.07) is 5.66. The van der Waals surface area contributed by atoms with Crippen LogP contribution in [-0.4, -0.2) is 25.2 Å². The van der Waals surface area contributed by atoms with Crippen molar-refractivity contribution in [3.63, 3.8) is 0 Å². The van der Waals surface area contributed by atoms with Crippen molar-refractivity contribution in [2.24, 2.45) is 0 Å². The highest BCUT2D eigenvalue weighted by Crippen LogP contribution is 2.12. The molecule has 0 fully saturated rings. The maximum absolute atomic E-state index is 13.1. The van der Waals surface area contributed by atoms with Gasteiger partial charge in [-0.1, -0.05) is 18.2 Å². The lowest BCUT2D eigenvalue weighted by Crippen LogP contribution is -2.33. The summed E-state index contributed by atoms with van der Waals surface area (Å²) in [5.74, 6) is -1.41. The van der Waals surface area contributed by atoms with Gasteiger partial charge in [0.15, 0.2) is 0 Å². The first-order chi connectivity index (χ1) is 8.38. The van der Waals surface area contributed by atoms with E-state index in [1.807, 2.05) is 5.32 Å². The van der Waals surface area contributed by atoms with Gasteiger partial charge >= 0.3 is 12.1 Å². The summed E-state index contributed by atoms with van der Waals surface area (Å²) in [7, 11) is 0. The predicted octanol–water partition coefficient (Wildman–Crippen LogP) is 2.02. The van der Waals surface area contributed by atoms with E-state index in [9.17, 15) is 22.4 Å². The molecule has 100 valence electrons. The molecular formula is C11H11F4NO2. The summed E-state index contributed by atoms with van der Waals surface area (Å²) in [6.45, 7) is -2.16. The quantitative estimate of drug-likeness (QED) is 0.654. The number of esters is 1. The Morgan fingerprint density at radius 3 is 2.56 bits per heavy atom. The van der Waals surface area contributed by atoms with E-state index in [0.29, 0.717) is 0 Å². The average Bonchev–Trinajstić information content (AvgIpc) is 2.26. The number of nitrogens with one attached hydrogen (secondary N) is 1. The number of carbonyl (C=O) groups excluding carboxylic acids is 1. The molecule has 0 unspecified atom stereocenters. The molecule has 0 bridgehead atoms. The van der Waals surface area contributed by atoms with E-state index in [0.717, 1.165) is 0 Å². The zero-order chi connectivity index (χ0) is 13.6. The fourth-order valence-corrected chi connectivity index (χ4v) is 1.13. The number of hydrogen-bond donors (Lipinski definition) is 1. The summed E-state index contributed by atoms with van der Waals surface area (Å²) in [4.78, 5) is 11.0. The molecule has 0 aliphatic rings. The highest BCUT2D eigenvalue weighted by Gasteiger charge is 2.26. The van der Waals surface area contributed by atoms with E-state index in [1.54, 1.807) is 6.07 Å². The fraction of sp³-hybridized carbons (Fsp3) is 0.364. The topological polar surface area (TPSA) is 38.3 Å². The second-order valence-electron chi connectivity index (χ2n) is 3.47. The van der Waals surface area contributed by atoms with Crippen LogP contribution >= 0.6 is 0 Å². The Morgan fingerprint density at radius 2 is 1.94 bits per heavy atom. The monoisotopic (exact) mass is 265 g/mol. The molecule has 1 rings (SSSR count). The van der Waals surface area contributed by atoms with Crippen molar-refractivity contribution in [2.45, 2.75) is 12.8 Å². The summed E-state index contributed by atoms with van der Waals surface area (Å²) >= 11 is 0.